The molecule has 1 aliphatic heterocycles. The minimum absolute atomic E-state index is 0.00893. The fourth-order valence-electron chi connectivity index (χ4n) is 2.73. The van der Waals surface area contributed by atoms with Gasteiger partial charge in [-0.25, -0.2) is 14.4 Å². The van der Waals surface area contributed by atoms with Crippen LogP contribution < -0.4 is 4.74 Å². The molecule has 0 saturated carbocycles. The standard InChI is InChI=1S/C18H21FN4O2/c1-22(8-9-25-17-5-3-2-4-15(17)19)18(24)12-23-7-6-14-10-20-13-21-16(14)11-23/h2-5,10,13H,6-9,11-12H2,1H3. The molecule has 132 valence electrons. The first-order valence-electron chi connectivity index (χ1n) is 8.25. The van der Waals surface area contributed by atoms with E-state index in [2.05, 4.69) is 14.9 Å². The monoisotopic (exact) mass is 344 g/mol. The van der Waals surface area contributed by atoms with Crippen molar-refractivity contribution in [3.63, 3.8) is 0 Å². The molecule has 1 aromatic heterocycles. The van der Waals surface area contributed by atoms with Crippen LogP contribution in [0.1, 0.15) is 11.3 Å². The number of hydrogen-bond acceptors (Lipinski definition) is 5. The van der Waals surface area contributed by atoms with Crippen LogP contribution in [-0.4, -0.2) is 59.0 Å². The Labute approximate surface area is 146 Å². The molecule has 2 heterocycles. The second-order valence-electron chi connectivity index (χ2n) is 6.05. The van der Waals surface area contributed by atoms with Gasteiger partial charge in [0.05, 0.1) is 18.8 Å². The lowest BCUT2D eigenvalue weighted by Gasteiger charge is -2.28. The van der Waals surface area contributed by atoms with Crippen molar-refractivity contribution in [2.75, 3.05) is 33.3 Å². The van der Waals surface area contributed by atoms with Crippen molar-refractivity contribution in [2.45, 2.75) is 13.0 Å². The summed E-state index contributed by atoms with van der Waals surface area (Å²) in [6.07, 6.45) is 4.23. The number of fused-ring (bicyclic) bond motifs is 1. The SMILES string of the molecule is CN(CCOc1ccccc1F)C(=O)CN1CCc2cncnc2C1. The predicted molar refractivity (Wildman–Crippen MR) is 90.5 cm³/mol. The van der Waals surface area contributed by atoms with Crippen molar-refractivity contribution in [1.29, 1.82) is 0 Å². The number of carbonyl (C=O) groups is 1. The fraction of sp³-hybridized carbons (Fsp3) is 0.389. The van der Waals surface area contributed by atoms with Crippen LogP contribution in [0.5, 0.6) is 5.75 Å². The predicted octanol–water partition coefficient (Wildman–Crippen LogP) is 1.51. The topological polar surface area (TPSA) is 58.6 Å². The average molecular weight is 344 g/mol. The molecular formula is C18H21FN4O2. The third-order valence-electron chi connectivity index (χ3n) is 4.26. The van der Waals surface area contributed by atoms with Gasteiger partial charge in [0, 0.05) is 26.3 Å². The minimum atomic E-state index is -0.398. The normalized spacial score (nSPS) is 14.0. The highest BCUT2D eigenvalue weighted by Gasteiger charge is 2.21. The molecule has 0 radical (unpaired) electrons. The number of rotatable bonds is 6. The zero-order valence-electron chi connectivity index (χ0n) is 14.2. The molecule has 3 rings (SSSR count). The van der Waals surface area contributed by atoms with Crippen molar-refractivity contribution in [3.8, 4) is 5.75 Å². The molecule has 6 nitrogen and oxygen atoms in total. The molecule has 7 heteroatoms. The van der Waals surface area contributed by atoms with E-state index in [0.29, 0.717) is 19.6 Å². The Morgan fingerprint density at radius 2 is 2.24 bits per heavy atom. The molecule has 0 spiro atoms. The van der Waals surface area contributed by atoms with Crippen LogP contribution in [0.2, 0.25) is 0 Å². The van der Waals surface area contributed by atoms with Gasteiger partial charge in [0.25, 0.3) is 0 Å². The van der Waals surface area contributed by atoms with Gasteiger partial charge in [-0.1, -0.05) is 12.1 Å². The largest absolute Gasteiger partial charge is 0.489 e. The number of benzene rings is 1. The van der Waals surface area contributed by atoms with E-state index in [1.54, 1.807) is 30.1 Å². The quantitative estimate of drug-likeness (QED) is 0.795. The summed E-state index contributed by atoms with van der Waals surface area (Å²) < 4.78 is 18.9. The summed E-state index contributed by atoms with van der Waals surface area (Å²) in [5.74, 6) is -0.184. The first-order chi connectivity index (χ1) is 12.1. The molecule has 0 saturated heterocycles. The van der Waals surface area contributed by atoms with E-state index >= 15 is 0 Å². The summed E-state index contributed by atoms with van der Waals surface area (Å²) in [6, 6.07) is 6.25. The molecule has 0 unspecified atom stereocenters. The first-order valence-corrected chi connectivity index (χ1v) is 8.25. The lowest BCUT2D eigenvalue weighted by Crippen LogP contribution is -2.42. The van der Waals surface area contributed by atoms with Crippen LogP contribution in [0, 0.1) is 5.82 Å². The van der Waals surface area contributed by atoms with Crippen LogP contribution in [0.4, 0.5) is 4.39 Å². The summed E-state index contributed by atoms with van der Waals surface area (Å²) in [4.78, 5) is 24.3. The van der Waals surface area contributed by atoms with Crippen molar-refractivity contribution in [2.24, 2.45) is 0 Å². The number of hydrogen-bond donors (Lipinski definition) is 0. The van der Waals surface area contributed by atoms with Gasteiger partial charge in [0.2, 0.25) is 5.91 Å². The van der Waals surface area contributed by atoms with Crippen molar-refractivity contribution < 1.29 is 13.9 Å². The van der Waals surface area contributed by atoms with Gasteiger partial charge in [-0.2, -0.15) is 0 Å². The minimum Gasteiger partial charge on any atom is -0.489 e. The smallest absolute Gasteiger partial charge is 0.236 e. The van der Waals surface area contributed by atoms with Crippen LogP contribution in [0.3, 0.4) is 0 Å². The Kier molecular flexibility index (Phi) is 5.55. The number of aromatic nitrogens is 2. The second-order valence-corrected chi connectivity index (χ2v) is 6.05. The molecular weight excluding hydrogens is 323 g/mol. The average Bonchev–Trinajstić information content (AvgIpc) is 2.63. The van der Waals surface area contributed by atoms with Gasteiger partial charge in [0.1, 0.15) is 12.9 Å². The number of carbonyl (C=O) groups excluding carboxylic acids is 1. The first kappa shape index (κ1) is 17.3. The lowest BCUT2D eigenvalue weighted by molar-refractivity contribution is -0.131. The number of para-hydroxylation sites is 1. The number of likely N-dealkylation sites (N-methyl/N-ethyl adjacent to an activating group) is 1. The highest BCUT2D eigenvalue weighted by Crippen LogP contribution is 2.16. The van der Waals surface area contributed by atoms with Crippen molar-refractivity contribution in [3.05, 3.63) is 53.9 Å². The zero-order chi connectivity index (χ0) is 17.6. The van der Waals surface area contributed by atoms with Crippen molar-refractivity contribution in [1.82, 2.24) is 19.8 Å². The lowest BCUT2D eigenvalue weighted by atomic mass is 10.1. The van der Waals surface area contributed by atoms with Gasteiger partial charge >= 0.3 is 0 Å². The van der Waals surface area contributed by atoms with Crippen LogP contribution >= 0.6 is 0 Å². The molecule has 25 heavy (non-hydrogen) atoms. The summed E-state index contributed by atoms with van der Waals surface area (Å²) in [6.45, 7) is 2.45. The zero-order valence-corrected chi connectivity index (χ0v) is 14.2. The molecule has 0 fully saturated rings. The Bertz CT molecular complexity index is 741. The number of nitrogens with zero attached hydrogens (tertiary/aromatic N) is 4. The molecule has 0 atom stereocenters. The third-order valence-corrected chi connectivity index (χ3v) is 4.26. The van der Waals surface area contributed by atoms with Gasteiger partial charge < -0.3 is 9.64 Å². The maximum absolute atomic E-state index is 13.5. The van der Waals surface area contributed by atoms with Crippen LogP contribution in [-0.2, 0) is 17.8 Å². The van der Waals surface area contributed by atoms with Crippen LogP contribution in [0.25, 0.3) is 0 Å². The number of ether oxygens (including phenoxy) is 1. The van der Waals surface area contributed by atoms with Crippen LogP contribution in [0.15, 0.2) is 36.8 Å². The van der Waals surface area contributed by atoms with E-state index in [4.69, 9.17) is 4.74 Å². The summed E-state index contributed by atoms with van der Waals surface area (Å²) in [7, 11) is 1.73. The summed E-state index contributed by atoms with van der Waals surface area (Å²) in [5, 5.41) is 0. The van der Waals surface area contributed by atoms with Gasteiger partial charge in [-0.05, 0) is 24.1 Å². The van der Waals surface area contributed by atoms with E-state index in [-0.39, 0.29) is 18.3 Å². The molecule has 0 aliphatic carbocycles. The second kappa shape index (κ2) is 8.02. The highest BCUT2D eigenvalue weighted by molar-refractivity contribution is 5.78. The Hall–Kier alpha value is -2.54. The fourth-order valence-corrected chi connectivity index (χ4v) is 2.73. The third kappa shape index (κ3) is 4.51. The maximum atomic E-state index is 13.5. The Morgan fingerprint density at radius 1 is 1.40 bits per heavy atom. The molecule has 2 aromatic rings. The number of amides is 1. The van der Waals surface area contributed by atoms with Gasteiger partial charge in [-0.3, -0.25) is 9.69 Å². The van der Waals surface area contributed by atoms with E-state index in [1.807, 2.05) is 6.20 Å². The maximum Gasteiger partial charge on any atom is 0.236 e. The Morgan fingerprint density at radius 3 is 3.08 bits per heavy atom. The molecule has 0 bridgehead atoms. The molecule has 1 aromatic carbocycles. The molecule has 1 amide bonds. The molecule has 1 aliphatic rings. The molecule has 0 N–H and O–H groups in total. The summed E-state index contributed by atoms with van der Waals surface area (Å²) >= 11 is 0. The van der Waals surface area contributed by atoms with E-state index in [1.165, 1.54) is 12.4 Å². The summed E-state index contributed by atoms with van der Waals surface area (Å²) in [5.41, 5.74) is 2.14. The van der Waals surface area contributed by atoms with E-state index in [0.717, 1.165) is 24.2 Å². The van der Waals surface area contributed by atoms with Gasteiger partial charge in [-0.15, -0.1) is 0 Å². The number of halogens is 1. The highest BCUT2D eigenvalue weighted by atomic mass is 19.1. The van der Waals surface area contributed by atoms with E-state index in [9.17, 15) is 9.18 Å². The van der Waals surface area contributed by atoms with E-state index < -0.39 is 5.82 Å². The van der Waals surface area contributed by atoms with Crippen molar-refractivity contribution >= 4 is 5.91 Å². The van der Waals surface area contributed by atoms with Gasteiger partial charge in [0.15, 0.2) is 11.6 Å². The Balaban J connectivity index is 1.44.